The standard InChI is InChI=1S/C7H11BrO3/c1-10-7(9)6-11-5-3-2-4-8/h2-3H,4-6H2,1H3/b3-2-. The molecule has 3 nitrogen and oxygen atoms in total. The highest BCUT2D eigenvalue weighted by atomic mass is 79.9. The van der Waals surface area contributed by atoms with E-state index in [2.05, 4.69) is 20.7 Å². The minimum absolute atomic E-state index is 0.0170. The number of methoxy groups -OCH3 is 1. The zero-order valence-corrected chi connectivity index (χ0v) is 7.96. The maximum Gasteiger partial charge on any atom is 0.331 e. The van der Waals surface area contributed by atoms with Crippen LogP contribution in [0.2, 0.25) is 0 Å². The van der Waals surface area contributed by atoms with Gasteiger partial charge in [-0.25, -0.2) is 4.79 Å². The van der Waals surface area contributed by atoms with E-state index in [1.807, 2.05) is 12.2 Å². The molecule has 4 heteroatoms. The van der Waals surface area contributed by atoms with E-state index in [9.17, 15) is 4.79 Å². The fraction of sp³-hybridized carbons (Fsp3) is 0.571. The Labute approximate surface area is 74.5 Å². The quantitative estimate of drug-likeness (QED) is 0.303. The second kappa shape index (κ2) is 7.75. The van der Waals surface area contributed by atoms with E-state index in [0.717, 1.165) is 5.33 Å². The van der Waals surface area contributed by atoms with Crippen molar-refractivity contribution in [3.8, 4) is 0 Å². The Morgan fingerprint density at radius 2 is 2.27 bits per heavy atom. The summed E-state index contributed by atoms with van der Waals surface area (Å²) >= 11 is 3.21. The Morgan fingerprint density at radius 1 is 1.55 bits per heavy atom. The van der Waals surface area contributed by atoms with Crippen LogP contribution in [0.25, 0.3) is 0 Å². The van der Waals surface area contributed by atoms with Crippen LogP contribution < -0.4 is 0 Å². The van der Waals surface area contributed by atoms with Gasteiger partial charge in [0.05, 0.1) is 13.7 Å². The number of rotatable bonds is 5. The molecule has 0 fully saturated rings. The van der Waals surface area contributed by atoms with Crippen molar-refractivity contribution in [1.82, 2.24) is 0 Å². The average molecular weight is 223 g/mol. The zero-order valence-electron chi connectivity index (χ0n) is 6.38. The minimum Gasteiger partial charge on any atom is -0.467 e. The van der Waals surface area contributed by atoms with Gasteiger partial charge in [-0.15, -0.1) is 0 Å². The molecule has 0 rings (SSSR count). The zero-order chi connectivity index (χ0) is 8.53. The lowest BCUT2D eigenvalue weighted by Gasteiger charge is -1.97. The summed E-state index contributed by atoms with van der Waals surface area (Å²) in [6.45, 7) is 0.462. The van der Waals surface area contributed by atoms with E-state index in [-0.39, 0.29) is 12.6 Å². The monoisotopic (exact) mass is 222 g/mol. The molecule has 0 aliphatic rings. The van der Waals surface area contributed by atoms with Crippen LogP contribution in [-0.4, -0.2) is 31.6 Å². The fourth-order valence-electron chi connectivity index (χ4n) is 0.400. The molecular weight excluding hydrogens is 212 g/mol. The second-order valence-corrected chi connectivity index (χ2v) is 2.36. The summed E-state index contributed by atoms with van der Waals surface area (Å²) in [4.78, 5) is 10.5. The van der Waals surface area contributed by atoms with Gasteiger partial charge in [-0.1, -0.05) is 28.1 Å². The Kier molecular flexibility index (Phi) is 7.51. The lowest BCUT2D eigenvalue weighted by atomic mass is 10.5. The molecule has 11 heavy (non-hydrogen) atoms. The molecule has 0 saturated carbocycles. The van der Waals surface area contributed by atoms with Gasteiger partial charge in [0.1, 0.15) is 6.61 Å². The van der Waals surface area contributed by atoms with E-state index in [1.54, 1.807) is 0 Å². The van der Waals surface area contributed by atoms with Gasteiger partial charge < -0.3 is 9.47 Å². The summed E-state index contributed by atoms with van der Waals surface area (Å²) in [5, 5.41) is 0.800. The molecule has 0 saturated heterocycles. The number of alkyl halides is 1. The van der Waals surface area contributed by atoms with Gasteiger partial charge in [0, 0.05) is 5.33 Å². The van der Waals surface area contributed by atoms with Gasteiger partial charge in [0.25, 0.3) is 0 Å². The summed E-state index contributed by atoms with van der Waals surface area (Å²) < 4.78 is 9.27. The molecule has 0 aliphatic heterocycles. The van der Waals surface area contributed by atoms with E-state index in [4.69, 9.17) is 4.74 Å². The molecule has 0 aromatic carbocycles. The summed E-state index contributed by atoms with van der Waals surface area (Å²) in [6, 6.07) is 0. The molecule has 0 aromatic heterocycles. The third kappa shape index (κ3) is 7.55. The van der Waals surface area contributed by atoms with Gasteiger partial charge in [0.15, 0.2) is 0 Å². The van der Waals surface area contributed by atoms with E-state index in [0.29, 0.717) is 6.61 Å². The van der Waals surface area contributed by atoms with E-state index < -0.39 is 0 Å². The lowest BCUT2D eigenvalue weighted by Crippen LogP contribution is -2.09. The van der Waals surface area contributed by atoms with Crippen molar-refractivity contribution in [1.29, 1.82) is 0 Å². The number of carbonyl (C=O) groups excluding carboxylic acids is 1. The molecule has 0 heterocycles. The van der Waals surface area contributed by atoms with Crippen LogP contribution in [0.3, 0.4) is 0 Å². The molecule has 0 N–H and O–H groups in total. The minimum atomic E-state index is -0.350. The van der Waals surface area contributed by atoms with Crippen LogP contribution in [0.4, 0.5) is 0 Å². The number of halogens is 1. The van der Waals surface area contributed by atoms with Crippen molar-refractivity contribution in [3.05, 3.63) is 12.2 Å². The Hall–Kier alpha value is -0.350. The third-order valence-electron chi connectivity index (χ3n) is 0.917. The highest BCUT2D eigenvalue weighted by Gasteiger charge is 1.96. The first-order chi connectivity index (χ1) is 5.31. The van der Waals surface area contributed by atoms with Crippen LogP contribution in [-0.2, 0) is 14.3 Å². The number of allylic oxidation sites excluding steroid dienone is 1. The summed E-state index contributed by atoms with van der Waals surface area (Å²) in [7, 11) is 1.33. The van der Waals surface area contributed by atoms with Crippen molar-refractivity contribution in [2.24, 2.45) is 0 Å². The molecule has 0 amide bonds. The van der Waals surface area contributed by atoms with Gasteiger partial charge in [0.2, 0.25) is 0 Å². The Bertz CT molecular complexity index is 134. The molecule has 0 spiro atoms. The van der Waals surface area contributed by atoms with E-state index >= 15 is 0 Å². The van der Waals surface area contributed by atoms with Crippen LogP contribution in [0.5, 0.6) is 0 Å². The normalized spacial score (nSPS) is 10.4. The van der Waals surface area contributed by atoms with Crippen LogP contribution in [0, 0.1) is 0 Å². The first-order valence-corrected chi connectivity index (χ1v) is 4.29. The number of carbonyl (C=O) groups is 1. The molecule has 64 valence electrons. The highest BCUT2D eigenvalue weighted by Crippen LogP contribution is 1.83. The number of hydrogen-bond donors (Lipinski definition) is 0. The van der Waals surface area contributed by atoms with Crippen molar-refractivity contribution >= 4 is 21.9 Å². The van der Waals surface area contributed by atoms with Crippen molar-refractivity contribution in [2.75, 3.05) is 25.7 Å². The summed E-state index contributed by atoms with van der Waals surface area (Å²) in [5.74, 6) is -0.350. The predicted molar refractivity (Wildman–Crippen MR) is 45.8 cm³/mol. The van der Waals surface area contributed by atoms with Crippen LogP contribution in [0.15, 0.2) is 12.2 Å². The van der Waals surface area contributed by atoms with Gasteiger partial charge in [-0.2, -0.15) is 0 Å². The van der Waals surface area contributed by atoms with Gasteiger partial charge >= 0.3 is 5.97 Å². The summed E-state index contributed by atoms with van der Waals surface area (Å²) in [5.41, 5.74) is 0. The fourth-order valence-corrected chi connectivity index (χ4v) is 0.665. The molecule has 0 aliphatic carbocycles. The van der Waals surface area contributed by atoms with Crippen molar-refractivity contribution in [3.63, 3.8) is 0 Å². The molecule has 0 aromatic rings. The average Bonchev–Trinajstić information content (AvgIpc) is 2.04. The number of esters is 1. The molecule has 0 radical (unpaired) electrons. The van der Waals surface area contributed by atoms with Crippen LogP contribution >= 0.6 is 15.9 Å². The number of ether oxygens (including phenoxy) is 2. The highest BCUT2D eigenvalue weighted by molar-refractivity contribution is 9.09. The Morgan fingerprint density at radius 3 is 2.82 bits per heavy atom. The lowest BCUT2D eigenvalue weighted by molar-refractivity contribution is -0.145. The largest absolute Gasteiger partial charge is 0.467 e. The van der Waals surface area contributed by atoms with Crippen LogP contribution in [0.1, 0.15) is 0 Å². The van der Waals surface area contributed by atoms with Gasteiger partial charge in [-0.05, 0) is 0 Å². The first-order valence-electron chi connectivity index (χ1n) is 3.16. The number of hydrogen-bond acceptors (Lipinski definition) is 3. The maximum absolute atomic E-state index is 10.5. The molecular formula is C7H11BrO3. The first kappa shape index (κ1) is 10.7. The third-order valence-corrected chi connectivity index (χ3v) is 1.29. The van der Waals surface area contributed by atoms with Crippen molar-refractivity contribution in [2.45, 2.75) is 0 Å². The Balaban J connectivity index is 3.14. The smallest absolute Gasteiger partial charge is 0.331 e. The van der Waals surface area contributed by atoms with Gasteiger partial charge in [-0.3, -0.25) is 0 Å². The maximum atomic E-state index is 10.5. The molecule has 0 unspecified atom stereocenters. The second-order valence-electron chi connectivity index (χ2n) is 1.72. The topological polar surface area (TPSA) is 35.5 Å². The predicted octanol–water partition coefficient (Wildman–Crippen LogP) is 1.13. The SMILES string of the molecule is COC(=O)COC/C=C\CBr. The van der Waals surface area contributed by atoms with Crippen molar-refractivity contribution < 1.29 is 14.3 Å². The summed E-state index contributed by atoms with van der Waals surface area (Å²) in [6.07, 6.45) is 3.73. The molecule has 0 atom stereocenters. The molecule has 0 bridgehead atoms. The van der Waals surface area contributed by atoms with E-state index in [1.165, 1.54) is 7.11 Å².